The molecule has 180 valence electrons. The van der Waals surface area contributed by atoms with Crippen LogP contribution >= 0.6 is 22.9 Å². The van der Waals surface area contributed by atoms with E-state index in [1.54, 1.807) is 70.2 Å². The minimum Gasteiger partial charge on any atom is -0.459 e. The van der Waals surface area contributed by atoms with E-state index >= 15 is 0 Å². The fourth-order valence-electron chi connectivity index (χ4n) is 3.88. The molecular weight excluding hydrogens is 490 g/mol. The van der Waals surface area contributed by atoms with E-state index in [0.717, 1.165) is 11.3 Å². The van der Waals surface area contributed by atoms with Crippen molar-refractivity contribution in [2.75, 3.05) is 0 Å². The fraction of sp³-hybridized carbons (Fsp3) is 0.240. The number of carbonyl (C=O) groups is 1. The molecule has 4 rings (SSSR count). The van der Waals surface area contributed by atoms with Crippen molar-refractivity contribution in [2.24, 2.45) is 4.99 Å². The number of carbonyl (C=O) groups excluding carboxylic acids is 1. The van der Waals surface area contributed by atoms with E-state index in [-0.39, 0.29) is 22.9 Å². The van der Waals surface area contributed by atoms with E-state index < -0.39 is 16.9 Å². The number of nitro groups is 1. The number of nitro benzene ring substituents is 1. The smallest absolute Gasteiger partial charge is 0.338 e. The van der Waals surface area contributed by atoms with Gasteiger partial charge in [0.2, 0.25) is 0 Å². The molecule has 10 heteroatoms. The van der Waals surface area contributed by atoms with E-state index in [4.69, 9.17) is 16.3 Å². The lowest BCUT2D eigenvalue weighted by atomic mass is 9.96. The number of hydrogen-bond acceptors (Lipinski definition) is 7. The molecule has 0 fully saturated rings. The molecule has 2 heterocycles. The second-order valence-corrected chi connectivity index (χ2v) is 9.84. The van der Waals surface area contributed by atoms with Crippen LogP contribution in [0.25, 0.3) is 6.08 Å². The van der Waals surface area contributed by atoms with Crippen LogP contribution in [0.1, 0.15) is 43.5 Å². The highest BCUT2D eigenvalue weighted by Crippen LogP contribution is 2.31. The summed E-state index contributed by atoms with van der Waals surface area (Å²) in [7, 11) is 0. The van der Waals surface area contributed by atoms with E-state index in [2.05, 4.69) is 4.99 Å². The van der Waals surface area contributed by atoms with Crippen LogP contribution in [-0.4, -0.2) is 21.6 Å². The van der Waals surface area contributed by atoms with Crippen molar-refractivity contribution in [3.63, 3.8) is 0 Å². The number of rotatable bonds is 5. The van der Waals surface area contributed by atoms with Crippen LogP contribution in [0.5, 0.6) is 0 Å². The maximum atomic E-state index is 13.6. The monoisotopic (exact) mass is 511 g/mol. The third kappa shape index (κ3) is 4.82. The maximum Gasteiger partial charge on any atom is 0.338 e. The minimum absolute atomic E-state index is 0.0277. The van der Waals surface area contributed by atoms with Gasteiger partial charge in [0.1, 0.15) is 0 Å². The number of thiazole rings is 1. The largest absolute Gasteiger partial charge is 0.459 e. The Bertz CT molecular complexity index is 1550. The average molecular weight is 512 g/mol. The zero-order valence-corrected chi connectivity index (χ0v) is 21.0. The lowest BCUT2D eigenvalue weighted by Crippen LogP contribution is -2.40. The van der Waals surface area contributed by atoms with Crippen molar-refractivity contribution in [3.8, 4) is 0 Å². The molecule has 0 bridgehead atoms. The molecule has 2 aromatic carbocycles. The Hall–Kier alpha value is -3.56. The van der Waals surface area contributed by atoms with Gasteiger partial charge in [-0.3, -0.25) is 19.5 Å². The molecule has 1 aromatic heterocycles. The molecule has 0 amide bonds. The predicted octanol–water partition coefficient (Wildman–Crippen LogP) is 4.06. The Morgan fingerprint density at radius 3 is 2.54 bits per heavy atom. The van der Waals surface area contributed by atoms with Crippen molar-refractivity contribution in [1.29, 1.82) is 0 Å². The van der Waals surface area contributed by atoms with Gasteiger partial charge in [0, 0.05) is 16.7 Å². The molecule has 0 aliphatic carbocycles. The number of allylic oxidation sites excluding steroid dienone is 1. The molecule has 0 spiro atoms. The summed E-state index contributed by atoms with van der Waals surface area (Å²) in [6.45, 7) is 6.87. The van der Waals surface area contributed by atoms with Crippen LogP contribution in [0.3, 0.4) is 0 Å². The van der Waals surface area contributed by atoms with Gasteiger partial charge in [-0.25, -0.2) is 9.79 Å². The summed E-state index contributed by atoms with van der Waals surface area (Å²) >= 11 is 7.23. The molecular formula is C25H22ClN3O5S. The first-order valence-electron chi connectivity index (χ1n) is 10.8. The van der Waals surface area contributed by atoms with E-state index in [1.165, 1.54) is 10.6 Å². The molecule has 35 heavy (non-hydrogen) atoms. The number of halogens is 1. The van der Waals surface area contributed by atoms with Gasteiger partial charge in [0.15, 0.2) is 4.80 Å². The van der Waals surface area contributed by atoms with Crippen LogP contribution in [0.15, 0.2) is 63.5 Å². The van der Waals surface area contributed by atoms with Crippen LogP contribution < -0.4 is 14.9 Å². The molecule has 0 saturated heterocycles. The number of esters is 1. The van der Waals surface area contributed by atoms with Gasteiger partial charge in [0.25, 0.3) is 11.2 Å². The molecule has 1 aliphatic heterocycles. The quantitative estimate of drug-likeness (QED) is 0.292. The zero-order valence-electron chi connectivity index (χ0n) is 19.4. The lowest BCUT2D eigenvalue weighted by Gasteiger charge is -2.25. The first-order valence-corrected chi connectivity index (χ1v) is 12.0. The number of ether oxygens (including phenoxy) is 1. The van der Waals surface area contributed by atoms with Crippen molar-refractivity contribution in [2.45, 2.75) is 39.8 Å². The number of hydrogen-bond donors (Lipinski definition) is 0. The number of nitrogens with zero attached hydrogens (tertiary/aromatic N) is 3. The highest BCUT2D eigenvalue weighted by atomic mass is 35.5. The van der Waals surface area contributed by atoms with Crippen molar-refractivity contribution >= 4 is 40.7 Å². The summed E-state index contributed by atoms with van der Waals surface area (Å²) in [4.78, 5) is 42.5. The topological polar surface area (TPSA) is 104 Å². The lowest BCUT2D eigenvalue weighted by molar-refractivity contribution is -0.385. The number of fused-ring (bicyclic) bond motifs is 1. The van der Waals surface area contributed by atoms with Crippen molar-refractivity contribution in [3.05, 3.63) is 105 Å². The number of aromatic nitrogens is 1. The molecule has 3 aromatic rings. The van der Waals surface area contributed by atoms with Gasteiger partial charge in [-0.05, 0) is 57.0 Å². The first kappa shape index (κ1) is 24.6. The summed E-state index contributed by atoms with van der Waals surface area (Å²) in [6.07, 6.45) is 1.25. The van der Waals surface area contributed by atoms with Crippen LogP contribution in [0.2, 0.25) is 5.02 Å². The highest BCUT2D eigenvalue weighted by Gasteiger charge is 2.33. The third-order valence-corrected chi connectivity index (χ3v) is 6.73. The Balaban J connectivity index is 1.93. The van der Waals surface area contributed by atoms with Crippen molar-refractivity contribution in [1.82, 2.24) is 4.57 Å². The fourth-order valence-corrected chi connectivity index (χ4v) is 5.06. The van der Waals surface area contributed by atoms with E-state index in [9.17, 15) is 19.7 Å². The van der Waals surface area contributed by atoms with Gasteiger partial charge in [-0.1, -0.05) is 47.2 Å². The Labute approximate surface area is 209 Å². The van der Waals surface area contributed by atoms with Gasteiger partial charge in [-0.2, -0.15) is 0 Å². The van der Waals surface area contributed by atoms with Gasteiger partial charge < -0.3 is 4.74 Å². The summed E-state index contributed by atoms with van der Waals surface area (Å²) in [5.74, 6) is -0.551. The van der Waals surface area contributed by atoms with Crippen LogP contribution in [-0.2, 0) is 9.53 Å². The van der Waals surface area contributed by atoms with Crippen molar-refractivity contribution < 1.29 is 14.5 Å². The Morgan fingerprint density at radius 1 is 1.23 bits per heavy atom. The van der Waals surface area contributed by atoms with Gasteiger partial charge >= 0.3 is 5.97 Å². The molecule has 0 N–H and O–H groups in total. The molecule has 8 nitrogen and oxygen atoms in total. The summed E-state index contributed by atoms with van der Waals surface area (Å²) in [5.41, 5.74) is 2.06. The van der Waals surface area contributed by atoms with E-state index in [1.807, 2.05) is 0 Å². The van der Waals surface area contributed by atoms with Crippen LogP contribution in [0, 0.1) is 17.0 Å². The first-order chi connectivity index (χ1) is 16.6. The average Bonchev–Trinajstić information content (AvgIpc) is 3.08. The second-order valence-electron chi connectivity index (χ2n) is 8.39. The molecule has 1 atom stereocenters. The summed E-state index contributed by atoms with van der Waals surface area (Å²) < 4.78 is 7.28. The molecule has 0 saturated carbocycles. The predicted molar refractivity (Wildman–Crippen MR) is 134 cm³/mol. The van der Waals surface area contributed by atoms with Gasteiger partial charge in [-0.15, -0.1) is 0 Å². The molecule has 1 aliphatic rings. The minimum atomic E-state index is -0.760. The molecule has 1 unspecified atom stereocenters. The van der Waals surface area contributed by atoms with Crippen LogP contribution in [0.4, 0.5) is 5.69 Å². The Morgan fingerprint density at radius 2 is 1.91 bits per heavy atom. The zero-order chi connectivity index (χ0) is 25.4. The SMILES string of the molecule is CC1=C(C(=O)OC(C)C)C(c2ccc(Cl)cc2)n2c(sc(=Cc3ccc(C)c([N+](=O)[O-])c3)c2=O)=N1. The Kier molecular flexibility index (Phi) is 6.73. The normalized spacial score (nSPS) is 15.7. The third-order valence-electron chi connectivity index (χ3n) is 5.50. The second kappa shape index (κ2) is 9.59. The number of benzene rings is 2. The van der Waals surface area contributed by atoms with Gasteiger partial charge in [0.05, 0.1) is 32.9 Å². The standard InChI is InChI=1S/C25H22ClN3O5S/c1-13(2)34-24(31)21-15(4)27-25-28(22(21)17-7-9-18(26)10-8-17)23(30)20(35-25)12-16-6-5-14(3)19(11-16)29(32)33/h5-13,22H,1-4H3. The molecule has 0 radical (unpaired) electrons. The maximum absolute atomic E-state index is 13.6. The summed E-state index contributed by atoms with van der Waals surface area (Å²) in [5, 5.41) is 11.9. The number of aryl methyl sites for hydroxylation is 1. The highest BCUT2D eigenvalue weighted by molar-refractivity contribution is 7.07. The van der Waals surface area contributed by atoms with E-state index in [0.29, 0.717) is 36.7 Å². The summed E-state index contributed by atoms with van der Waals surface area (Å²) in [6, 6.07) is 10.9.